The van der Waals surface area contributed by atoms with E-state index in [0.29, 0.717) is 56.5 Å². The number of hydrogen-bond donors (Lipinski definition) is 1. The van der Waals surface area contributed by atoms with E-state index < -0.39 is 0 Å². The molecule has 1 saturated heterocycles. The Bertz CT molecular complexity index is 887. The highest BCUT2D eigenvalue weighted by molar-refractivity contribution is 5.92. The third-order valence-corrected chi connectivity index (χ3v) is 5.23. The fraction of sp³-hybridized carbons (Fsp3) is 0.458. The number of aromatic nitrogens is 1. The minimum atomic E-state index is -0.214. The monoisotopic (exact) mass is 425 g/mol. The third kappa shape index (κ3) is 6.70. The van der Waals surface area contributed by atoms with E-state index in [-0.39, 0.29) is 17.7 Å². The highest BCUT2D eigenvalue weighted by atomic mass is 16.5. The fourth-order valence-corrected chi connectivity index (χ4v) is 3.67. The van der Waals surface area contributed by atoms with Crippen molar-refractivity contribution in [2.75, 3.05) is 31.6 Å². The van der Waals surface area contributed by atoms with Crippen LogP contribution in [0.3, 0.4) is 0 Å². The van der Waals surface area contributed by atoms with Gasteiger partial charge in [0, 0.05) is 25.2 Å². The van der Waals surface area contributed by atoms with Gasteiger partial charge in [0.2, 0.25) is 11.8 Å². The lowest BCUT2D eigenvalue weighted by atomic mass is 9.96. The number of hydrogen-bond acceptors (Lipinski definition) is 5. The van der Waals surface area contributed by atoms with Crippen LogP contribution < -0.4 is 14.8 Å². The van der Waals surface area contributed by atoms with Crippen LogP contribution in [0.4, 0.5) is 5.82 Å². The lowest BCUT2D eigenvalue weighted by Crippen LogP contribution is -2.43. The van der Waals surface area contributed by atoms with Gasteiger partial charge in [0.15, 0.2) is 11.5 Å². The summed E-state index contributed by atoms with van der Waals surface area (Å²) in [4.78, 5) is 31.4. The van der Waals surface area contributed by atoms with Gasteiger partial charge in [-0.1, -0.05) is 18.2 Å². The maximum Gasteiger partial charge on any atom is 0.230 e. The van der Waals surface area contributed by atoms with E-state index in [1.54, 1.807) is 11.0 Å². The average Bonchev–Trinajstić information content (AvgIpc) is 2.78. The fourth-order valence-electron chi connectivity index (χ4n) is 3.67. The van der Waals surface area contributed by atoms with Crippen LogP contribution in [0.5, 0.6) is 11.5 Å². The molecule has 2 heterocycles. The number of ether oxygens (including phenoxy) is 2. The number of anilines is 1. The highest BCUT2D eigenvalue weighted by Gasteiger charge is 2.28. The number of aryl methyl sites for hydroxylation is 1. The number of piperidine rings is 1. The molecule has 0 saturated carbocycles. The van der Waals surface area contributed by atoms with E-state index in [4.69, 9.17) is 9.47 Å². The summed E-state index contributed by atoms with van der Waals surface area (Å²) in [7, 11) is 0. The molecular weight excluding hydrogens is 394 g/mol. The van der Waals surface area contributed by atoms with Gasteiger partial charge < -0.3 is 19.7 Å². The maximum absolute atomic E-state index is 12.7. The van der Waals surface area contributed by atoms with E-state index in [2.05, 4.69) is 10.3 Å². The third-order valence-electron chi connectivity index (χ3n) is 5.23. The van der Waals surface area contributed by atoms with Crippen molar-refractivity contribution in [3.63, 3.8) is 0 Å². The van der Waals surface area contributed by atoms with Crippen LogP contribution in [-0.2, 0) is 9.59 Å². The molecule has 7 nitrogen and oxygen atoms in total. The smallest absolute Gasteiger partial charge is 0.230 e. The molecule has 1 N–H and O–H groups in total. The van der Waals surface area contributed by atoms with Crippen molar-refractivity contribution in [3.8, 4) is 11.5 Å². The van der Waals surface area contributed by atoms with Crippen molar-refractivity contribution in [1.29, 1.82) is 0 Å². The molecule has 1 atom stereocenters. The van der Waals surface area contributed by atoms with Crippen molar-refractivity contribution in [2.45, 2.75) is 39.5 Å². The molecule has 1 aliphatic rings. The van der Waals surface area contributed by atoms with Crippen molar-refractivity contribution in [3.05, 3.63) is 48.2 Å². The van der Waals surface area contributed by atoms with Gasteiger partial charge in [0.05, 0.1) is 19.1 Å². The van der Waals surface area contributed by atoms with E-state index >= 15 is 0 Å². The van der Waals surface area contributed by atoms with Gasteiger partial charge in [-0.15, -0.1) is 0 Å². The van der Waals surface area contributed by atoms with Gasteiger partial charge >= 0.3 is 0 Å². The van der Waals surface area contributed by atoms with Crippen molar-refractivity contribution >= 4 is 17.6 Å². The van der Waals surface area contributed by atoms with Crippen molar-refractivity contribution in [1.82, 2.24) is 9.88 Å². The minimum Gasteiger partial charge on any atom is -0.490 e. The second-order valence-electron chi connectivity index (χ2n) is 7.66. The quantitative estimate of drug-likeness (QED) is 0.618. The maximum atomic E-state index is 12.7. The summed E-state index contributed by atoms with van der Waals surface area (Å²) in [5.74, 6) is 1.73. The van der Waals surface area contributed by atoms with Crippen LogP contribution in [0.1, 0.15) is 38.3 Å². The topological polar surface area (TPSA) is 80.8 Å². The number of amides is 2. The van der Waals surface area contributed by atoms with Crippen LogP contribution in [0.15, 0.2) is 42.5 Å². The summed E-state index contributed by atoms with van der Waals surface area (Å²) in [6.07, 6.45) is 2.60. The van der Waals surface area contributed by atoms with E-state index in [1.165, 1.54) is 0 Å². The lowest BCUT2D eigenvalue weighted by molar-refractivity contribution is -0.134. The molecule has 0 radical (unpaired) electrons. The first kappa shape index (κ1) is 22.6. The van der Waals surface area contributed by atoms with Crippen LogP contribution >= 0.6 is 0 Å². The molecule has 2 aromatic rings. The predicted molar refractivity (Wildman–Crippen MR) is 119 cm³/mol. The summed E-state index contributed by atoms with van der Waals surface area (Å²) in [6, 6.07) is 13.1. The van der Waals surface area contributed by atoms with Gasteiger partial charge in [-0.25, -0.2) is 4.98 Å². The molecule has 0 aliphatic carbocycles. The molecule has 0 spiro atoms. The van der Waals surface area contributed by atoms with Gasteiger partial charge in [0.25, 0.3) is 0 Å². The SMILES string of the molecule is CCOc1ccccc1OCCCC(=O)N1CCCC(C(=O)Nc2cccc(C)n2)C1. The standard InChI is InChI=1S/C24H31N3O4/c1-3-30-20-11-4-5-12-21(20)31-16-8-14-23(28)27-15-7-10-19(17-27)24(29)26-22-13-6-9-18(2)25-22/h4-6,9,11-13,19H,3,7-8,10,14-17H2,1-2H3,(H,25,26,29). The van der Waals surface area contributed by atoms with Gasteiger partial charge in [0.1, 0.15) is 5.82 Å². The summed E-state index contributed by atoms with van der Waals surface area (Å²) < 4.78 is 11.3. The molecule has 3 rings (SSSR count). The number of rotatable bonds is 9. The average molecular weight is 426 g/mol. The number of para-hydroxylation sites is 2. The predicted octanol–water partition coefficient (Wildman–Crippen LogP) is 3.83. The van der Waals surface area contributed by atoms with E-state index in [9.17, 15) is 9.59 Å². The van der Waals surface area contributed by atoms with Gasteiger partial charge in [-0.2, -0.15) is 0 Å². The summed E-state index contributed by atoms with van der Waals surface area (Å²) in [6.45, 7) is 5.97. The second-order valence-corrected chi connectivity index (χ2v) is 7.66. The summed E-state index contributed by atoms with van der Waals surface area (Å²) in [5.41, 5.74) is 0.851. The van der Waals surface area contributed by atoms with E-state index in [0.717, 1.165) is 18.5 Å². The zero-order chi connectivity index (χ0) is 22.1. The molecule has 1 fully saturated rings. The Morgan fingerprint density at radius 1 is 1.13 bits per heavy atom. The highest BCUT2D eigenvalue weighted by Crippen LogP contribution is 2.26. The first-order chi connectivity index (χ1) is 15.1. The molecule has 1 aliphatic heterocycles. The first-order valence-corrected chi connectivity index (χ1v) is 10.9. The number of pyridine rings is 1. The number of carbonyl (C=O) groups excluding carboxylic acids is 2. The Balaban J connectivity index is 1.43. The van der Waals surface area contributed by atoms with Crippen LogP contribution in [0.2, 0.25) is 0 Å². The number of benzene rings is 1. The summed E-state index contributed by atoms with van der Waals surface area (Å²) in [5, 5.41) is 2.88. The number of likely N-dealkylation sites (tertiary alicyclic amines) is 1. The molecule has 1 unspecified atom stereocenters. The molecule has 2 amide bonds. The minimum absolute atomic E-state index is 0.0628. The Morgan fingerprint density at radius 2 is 1.90 bits per heavy atom. The molecule has 31 heavy (non-hydrogen) atoms. The molecule has 1 aromatic heterocycles. The Hall–Kier alpha value is -3.09. The Kier molecular flexibility index (Phi) is 8.27. The number of nitrogens with zero attached hydrogens (tertiary/aromatic N) is 2. The van der Waals surface area contributed by atoms with Crippen LogP contribution in [0, 0.1) is 12.8 Å². The number of carbonyl (C=O) groups is 2. The molecular formula is C24H31N3O4. The van der Waals surface area contributed by atoms with Crippen LogP contribution in [0.25, 0.3) is 0 Å². The first-order valence-electron chi connectivity index (χ1n) is 10.9. The second kappa shape index (κ2) is 11.3. The van der Waals surface area contributed by atoms with Crippen molar-refractivity contribution in [2.24, 2.45) is 5.92 Å². The zero-order valence-corrected chi connectivity index (χ0v) is 18.3. The Morgan fingerprint density at radius 3 is 2.65 bits per heavy atom. The zero-order valence-electron chi connectivity index (χ0n) is 18.3. The lowest BCUT2D eigenvalue weighted by Gasteiger charge is -2.32. The molecule has 166 valence electrons. The van der Waals surface area contributed by atoms with Gasteiger partial charge in [-0.05, 0) is 57.4 Å². The van der Waals surface area contributed by atoms with E-state index in [1.807, 2.05) is 50.2 Å². The van der Waals surface area contributed by atoms with Gasteiger partial charge in [-0.3, -0.25) is 9.59 Å². The van der Waals surface area contributed by atoms with Crippen LogP contribution in [-0.4, -0.2) is 48.0 Å². The molecule has 0 bridgehead atoms. The normalized spacial score (nSPS) is 15.9. The molecule has 1 aromatic carbocycles. The molecule has 7 heteroatoms. The summed E-state index contributed by atoms with van der Waals surface area (Å²) >= 11 is 0. The Labute approximate surface area is 183 Å². The number of nitrogens with one attached hydrogen (secondary N) is 1. The van der Waals surface area contributed by atoms with Crippen molar-refractivity contribution < 1.29 is 19.1 Å². The largest absolute Gasteiger partial charge is 0.490 e.